The summed E-state index contributed by atoms with van der Waals surface area (Å²) in [7, 11) is -3.56. The van der Waals surface area contributed by atoms with Gasteiger partial charge in [0.25, 0.3) is 0 Å². The summed E-state index contributed by atoms with van der Waals surface area (Å²) >= 11 is 5.94. The Balaban J connectivity index is 1.54. The van der Waals surface area contributed by atoms with Gasteiger partial charge in [0.05, 0.1) is 10.9 Å². The van der Waals surface area contributed by atoms with Gasteiger partial charge in [-0.25, -0.2) is 8.42 Å². The lowest BCUT2D eigenvalue weighted by Crippen LogP contribution is -2.55. The normalized spacial score (nSPS) is 21.8. The molecule has 6 nitrogen and oxygen atoms in total. The molecule has 0 bridgehead atoms. The first-order valence-corrected chi connectivity index (χ1v) is 12.0. The number of piperazine rings is 1. The molecule has 1 amide bonds. The molecule has 1 saturated carbocycles. The van der Waals surface area contributed by atoms with Gasteiger partial charge >= 0.3 is 0 Å². The van der Waals surface area contributed by atoms with Crippen LogP contribution >= 0.6 is 11.6 Å². The first-order valence-electron chi connectivity index (χ1n) is 10.2. The van der Waals surface area contributed by atoms with Crippen molar-refractivity contribution in [3.63, 3.8) is 0 Å². The Bertz CT molecular complexity index is 771. The van der Waals surface area contributed by atoms with Gasteiger partial charge in [-0.3, -0.25) is 9.69 Å². The molecule has 1 saturated heterocycles. The van der Waals surface area contributed by atoms with Gasteiger partial charge in [0.1, 0.15) is 0 Å². The summed E-state index contributed by atoms with van der Waals surface area (Å²) in [4.78, 5) is 14.9. The van der Waals surface area contributed by atoms with Gasteiger partial charge < -0.3 is 5.32 Å². The molecule has 1 aliphatic carbocycles. The largest absolute Gasteiger partial charge is 0.352 e. The molecule has 0 radical (unpaired) electrons. The van der Waals surface area contributed by atoms with E-state index in [4.69, 9.17) is 11.6 Å². The fourth-order valence-corrected chi connectivity index (χ4v) is 5.74. The maximum atomic E-state index is 12.8. The summed E-state index contributed by atoms with van der Waals surface area (Å²) in [5.41, 5.74) is 0. The molecular formula is C20H30ClN3O3S. The first kappa shape index (κ1) is 21.6. The number of carbonyl (C=O) groups is 1. The zero-order chi connectivity index (χ0) is 20.1. The summed E-state index contributed by atoms with van der Waals surface area (Å²) in [5.74, 6) is 0.0537. The van der Waals surface area contributed by atoms with Crippen molar-refractivity contribution in [1.82, 2.24) is 14.5 Å². The maximum Gasteiger partial charge on any atom is 0.243 e. The SMILES string of the molecule is C[C@H](C(=O)NC1CCCCCC1)N1CCN(S(=O)(=O)c2cccc(Cl)c2)CC1. The number of amides is 1. The maximum absolute atomic E-state index is 12.8. The fourth-order valence-electron chi connectivity index (χ4n) is 4.02. The summed E-state index contributed by atoms with van der Waals surface area (Å²) in [5, 5.41) is 3.61. The second kappa shape index (κ2) is 9.57. The van der Waals surface area contributed by atoms with Crippen molar-refractivity contribution < 1.29 is 13.2 Å². The molecule has 0 aromatic heterocycles. The van der Waals surface area contributed by atoms with E-state index in [-0.39, 0.29) is 22.9 Å². The topological polar surface area (TPSA) is 69.7 Å². The Labute approximate surface area is 173 Å². The van der Waals surface area contributed by atoms with Gasteiger partial charge in [-0.2, -0.15) is 4.31 Å². The number of carbonyl (C=O) groups excluding carboxylic acids is 1. The van der Waals surface area contributed by atoms with Crippen molar-refractivity contribution in [2.24, 2.45) is 0 Å². The van der Waals surface area contributed by atoms with Gasteiger partial charge in [-0.15, -0.1) is 0 Å². The van der Waals surface area contributed by atoms with Crippen LogP contribution in [-0.2, 0) is 14.8 Å². The molecule has 1 atom stereocenters. The minimum Gasteiger partial charge on any atom is -0.352 e. The Kier molecular flexibility index (Phi) is 7.36. The lowest BCUT2D eigenvalue weighted by Gasteiger charge is -2.37. The molecular weight excluding hydrogens is 398 g/mol. The molecule has 0 spiro atoms. The van der Waals surface area contributed by atoms with E-state index < -0.39 is 10.0 Å². The number of hydrogen-bond donors (Lipinski definition) is 1. The average molecular weight is 428 g/mol. The third-order valence-corrected chi connectivity index (χ3v) is 7.97. The third kappa shape index (κ3) is 5.26. The molecule has 2 aliphatic rings. The average Bonchev–Trinajstić information content (AvgIpc) is 2.96. The van der Waals surface area contributed by atoms with Crippen LogP contribution in [0.25, 0.3) is 0 Å². The van der Waals surface area contributed by atoms with Gasteiger partial charge in [-0.05, 0) is 38.0 Å². The predicted molar refractivity (Wildman–Crippen MR) is 111 cm³/mol. The van der Waals surface area contributed by atoms with Gasteiger partial charge in [-0.1, -0.05) is 43.4 Å². The van der Waals surface area contributed by atoms with Crippen LogP contribution in [0.15, 0.2) is 29.2 Å². The summed E-state index contributed by atoms with van der Waals surface area (Å²) in [6.07, 6.45) is 6.99. The van der Waals surface area contributed by atoms with E-state index >= 15 is 0 Å². The smallest absolute Gasteiger partial charge is 0.243 e. The highest BCUT2D eigenvalue weighted by molar-refractivity contribution is 7.89. The van der Waals surface area contributed by atoms with E-state index in [2.05, 4.69) is 10.2 Å². The zero-order valence-corrected chi connectivity index (χ0v) is 18.0. The number of hydrogen-bond acceptors (Lipinski definition) is 4. The van der Waals surface area contributed by atoms with Crippen molar-refractivity contribution in [3.8, 4) is 0 Å². The van der Waals surface area contributed by atoms with Crippen molar-refractivity contribution in [1.29, 1.82) is 0 Å². The van der Waals surface area contributed by atoms with Crippen LogP contribution in [0, 0.1) is 0 Å². The number of benzene rings is 1. The van der Waals surface area contributed by atoms with Crippen LogP contribution < -0.4 is 5.32 Å². The Morgan fingerprint density at radius 3 is 2.36 bits per heavy atom. The van der Waals surface area contributed by atoms with Gasteiger partial charge in [0, 0.05) is 37.2 Å². The monoisotopic (exact) mass is 427 g/mol. The molecule has 8 heteroatoms. The van der Waals surface area contributed by atoms with Crippen LogP contribution in [0.1, 0.15) is 45.4 Å². The van der Waals surface area contributed by atoms with E-state index in [0.29, 0.717) is 31.2 Å². The van der Waals surface area contributed by atoms with Crippen molar-refractivity contribution in [3.05, 3.63) is 29.3 Å². The Hall–Kier alpha value is -1.15. The summed E-state index contributed by atoms with van der Waals surface area (Å²) < 4.78 is 27.1. The van der Waals surface area contributed by atoms with E-state index in [1.807, 2.05) is 6.92 Å². The standard InChI is InChI=1S/C20H30ClN3O3S/c1-16(20(25)22-18-8-4-2-3-5-9-18)23-11-13-24(14-12-23)28(26,27)19-10-6-7-17(21)15-19/h6-7,10,15-16,18H,2-5,8-9,11-14H2,1H3,(H,22,25)/t16-/m1/s1. The molecule has 1 aliphatic heterocycles. The lowest BCUT2D eigenvalue weighted by molar-refractivity contribution is -0.127. The number of rotatable bonds is 5. The molecule has 1 aromatic carbocycles. The van der Waals surface area contributed by atoms with Crippen LogP contribution in [0.4, 0.5) is 0 Å². The second-order valence-electron chi connectivity index (χ2n) is 7.77. The molecule has 2 fully saturated rings. The zero-order valence-electron chi connectivity index (χ0n) is 16.4. The summed E-state index contributed by atoms with van der Waals surface area (Å²) in [6, 6.07) is 6.38. The molecule has 28 heavy (non-hydrogen) atoms. The van der Waals surface area contributed by atoms with Crippen LogP contribution in [0.2, 0.25) is 5.02 Å². The second-order valence-corrected chi connectivity index (χ2v) is 10.1. The molecule has 0 unspecified atom stereocenters. The van der Waals surface area contributed by atoms with Crippen molar-refractivity contribution in [2.75, 3.05) is 26.2 Å². The molecule has 1 heterocycles. The fraction of sp³-hybridized carbons (Fsp3) is 0.650. The molecule has 3 rings (SSSR count). The van der Waals surface area contributed by atoms with E-state index in [9.17, 15) is 13.2 Å². The summed E-state index contributed by atoms with van der Waals surface area (Å²) in [6.45, 7) is 3.73. The Morgan fingerprint density at radius 2 is 1.75 bits per heavy atom. The molecule has 156 valence electrons. The van der Waals surface area contributed by atoms with Crippen molar-refractivity contribution in [2.45, 2.75) is 62.4 Å². The van der Waals surface area contributed by atoms with Crippen molar-refractivity contribution >= 4 is 27.5 Å². The quantitative estimate of drug-likeness (QED) is 0.733. The number of sulfonamides is 1. The van der Waals surface area contributed by atoms with Crippen LogP contribution in [-0.4, -0.2) is 61.8 Å². The molecule has 1 aromatic rings. The highest BCUT2D eigenvalue weighted by Crippen LogP contribution is 2.22. The van der Waals surface area contributed by atoms with E-state index in [1.165, 1.54) is 36.1 Å². The first-order chi connectivity index (χ1) is 13.4. The number of nitrogens with zero attached hydrogens (tertiary/aromatic N) is 2. The minimum absolute atomic E-state index is 0.0537. The predicted octanol–water partition coefficient (Wildman–Crippen LogP) is 2.87. The van der Waals surface area contributed by atoms with E-state index in [1.54, 1.807) is 18.2 Å². The Morgan fingerprint density at radius 1 is 1.11 bits per heavy atom. The third-order valence-electron chi connectivity index (χ3n) is 5.84. The lowest BCUT2D eigenvalue weighted by atomic mass is 10.1. The van der Waals surface area contributed by atoms with E-state index in [0.717, 1.165) is 12.8 Å². The number of nitrogens with one attached hydrogen (secondary N) is 1. The van der Waals surface area contributed by atoms with Gasteiger partial charge in [0.15, 0.2) is 0 Å². The highest BCUT2D eigenvalue weighted by atomic mass is 35.5. The van der Waals surface area contributed by atoms with Crippen LogP contribution in [0.3, 0.4) is 0 Å². The van der Waals surface area contributed by atoms with Crippen LogP contribution in [0.5, 0.6) is 0 Å². The highest BCUT2D eigenvalue weighted by Gasteiger charge is 2.32. The van der Waals surface area contributed by atoms with Gasteiger partial charge in [0.2, 0.25) is 15.9 Å². The minimum atomic E-state index is -3.56. The molecule has 1 N–H and O–H groups in total. The number of halogens is 1.